The first-order chi connectivity index (χ1) is 26.7. The molecule has 0 atom stereocenters. The second-order valence-electron chi connectivity index (χ2n) is 20.7. The fourth-order valence-corrected chi connectivity index (χ4v) is 9.52. The Morgan fingerprint density at radius 3 is 0.810 bits per heavy atom. The molecule has 0 saturated heterocycles. The summed E-state index contributed by atoms with van der Waals surface area (Å²) in [5.74, 6) is 1.90. The van der Waals surface area contributed by atoms with Gasteiger partial charge in [-0.2, -0.15) is 10.1 Å². The SMILES string of the molecule is CN(O)CCOc1cc2c(C(C)(C)C)c(c1)Cc1cc(O)cc(c1C(C)(C)C)Cc1cc(OCCN(C)O)cc(c1C(C)(C)C)Cc1cc(O)cc(c1C(C)(C)C)C2. The van der Waals surface area contributed by atoms with Gasteiger partial charge in [-0.3, -0.25) is 0 Å². The Labute approximate surface area is 348 Å². The van der Waals surface area contributed by atoms with Crippen molar-refractivity contribution in [3.8, 4) is 23.0 Å². The fraction of sp³-hybridized carbons (Fsp3) is 0.520. The van der Waals surface area contributed by atoms with Crippen molar-refractivity contribution in [3.05, 3.63) is 115 Å². The van der Waals surface area contributed by atoms with Crippen molar-refractivity contribution in [2.75, 3.05) is 40.4 Å². The number of phenols is 2. The highest BCUT2D eigenvalue weighted by atomic mass is 16.5. The van der Waals surface area contributed by atoms with Crippen molar-refractivity contribution in [1.29, 1.82) is 0 Å². The number of fused-ring (bicyclic) bond motifs is 8. The molecule has 0 spiro atoms. The molecule has 0 amide bonds. The number of ether oxygens (including phenoxy) is 2. The minimum Gasteiger partial charge on any atom is -0.508 e. The van der Waals surface area contributed by atoms with E-state index in [0.29, 0.717) is 52.0 Å². The van der Waals surface area contributed by atoms with Crippen LogP contribution < -0.4 is 9.47 Å². The quantitative estimate of drug-likeness (QED) is 0.115. The van der Waals surface area contributed by atoms with E-state index in [1.807, 2.05) is 24.3 Å². The molecular formula is C50H70N2O6. The first-order valence-corrected chi connectivity index (χ1v) is 20.8. The average Bonchev–Trinajstić information content (AvgIpc) is 3.01. The molecule has 0 unspecified atom stereocenters. The Hall–Kier alpha value is -4.08. The maximum absolute atomic E-state index is 11.6. The number of likely N-dealkylation sites (N-methyl/N-ethyl adjacent to an activating group) is 2. The van der Waals surface area contributed by atoms with Gasteiger partial charge in [0, 0.05) is 14.1 Å². The van der Waals surface area contributed by atoms with Crippen LogP contribution in [0.25, 0.3) is 0 Å². The molecule has 0 fully saturated rings. The number of rotatable bonds is 8. The van der Waals surface area contributed by atoms with Crippen LogP contribution in [0.2, 0.25) is 0 Å². The minimum absolute atomic E-state index is 0.228. The molecule has 0 radical (unpaired) electrons. The fourth-order valence-electron chi connectivity index (χ4n) is 9.52. The summed E-state index contributed by atoms with van der Waals surface area (Å²) in [7, 11) is 3.23. The predicted molar refractivity (Wildman–Crippen MR) is 235 cm³/mol. The Kier molecular flexibility index (Phi) is 13.1. The molecule has 8 nitrogen and oxygen atoms in total. The van der Waals surface area contributed by atoms with E-state index in [1.165, 1.54) is 22.3 Å². The van der Waals surface area contributed by atoms with Gasteiger partial charge in [-0.25, -0.2) is 0 Å². The molecule has 5 rings (SSSR count). The monoisotopic (exact) mass is 795 g/mol. The molecular weight excluding hydrogens is 725 g/mol. The molecule has 0 saturated carbocycles. The lowest BCUT2D eigenvalue weighted by Gasteiger charge is -2.33. The number of hydrogen-bond donors (Lipinski definition) is 4. The number of aromatic hydroxyl groups is 2. The van der Waals surface area contributed by atoms with Gasteiger partial charge in [-0.05, 0) is 163 Å². The normalized spacial score (nSPS) is 14.0. The first kappa shape index (κ1) is 45.0. The topological polar surface area (TPSA) is 106 Å². The summed E-state index contributed by atoms with van der Waals surface area (Å²) in [6.45, 7) is 28.3. The summed E-state index contributed by atoms with van der Waals surface area (Å²) in [5, 5.41) is 45.3. The molecule has 8 bridgehead atoms. The lowest BCUT2D eigenvalue weighted by molar-refractivity contribution is -0.0716. The van der Waals surface area contributed by atoms with Crippen molar-refractivity contribution in [2.24, 2.45) is 0 Å². The number of hydrogen-bond acceptors (Lipinski definition) is 8. The molecule has 58 heavy (non-hydrogen) atoms. The van der Waals surface area contributed by atoms with E-state index in [9.17, 15) is 20.6 Å². The highest BCUT2D eigenvalue weighted by Gasteiger charge is 2.32. The van der Waals surface area contributed by atoms with Crippen molar-refractivity contribution >= 4 is 0 Å². The Morgan fingerprint density at radius 2 is 0.621 bits per heavy atom. The smallest absolute Gasteiger partial charge is 0.119 e. The van der Waals surface area contributed by atoms with E-state index in [0.717, 1.165) is 66.1 Å². The van der Waals surface area contributed by atoms with E-state index in [2.05, 4.69) is 107 Å². The molecule has 0 aromatic heterocycles. The molecule has 0 aliphatic heterocycles. The maximum Gasteiger partial charge on any atom is 0.119 e. The molecule has 8 heteroatoms. The second kappa shape index (κ2) is 16.9. The second-order valence-corrected chi connectivity index (χ2v) is 20.7. The molecule has 0 heterocycles. The maximum atomic E-state index is 11.6. The van der Waals surface area contributed by atoms with Crippen LogP contribution in [-0.4, -0.2) is 71.2 Å². The van der Waals surface area contributed by atoms with Crippen LogP contribution in [0.5, 0.6) is 23.0 Å². The molecule has 4 aromatic carbocycles. The van der Waals surface area contributed by atoms with E-state index in [-0.39, 0.29) is 33.2 Å². The van der Waals surface area contributed by atoms with Gasteiger partial charge in [-0.1, -0.05) is 83.1 Å². The van der Waals surface area contributed by atoms with Crippen LogP contribution in [-0.2, 0) is 47.3 Å². The standard InChI is InChI=1S/C50H70N2O6/c1-47(2,3)43-31-19-35-27-41(57-17-15-51(13)55)29-37(45(35)49(7,8)9)21-33-25-40(54)26-34(44(33)48(4,5)6)22-38-30-42(58-18-16-52(14)56)28-36(46(38)50(10,11)12)20-32(43)24-39(53)23-31/h23-30,53-56H,15-22H2,1-14H3. The summed E-state index contributed by atoms with van der Waals surface area (Å²) < 4.78 is 12.8. The number of benzene rings is 4. The number of phenolic OH excluding ortho intramolecular Hbond substituents is 2. The van der Waals surface area contributed by atoms with Gasteiger partial charge in [0.05, 0.1) is 13.1 Å². The van der Waals surface area contributed by atoms with Crippen LogP contribution >= 0.6 is 0 Å². The van der Waals surface area contributed by atoms with Crippen LogP contribution in [0.1, 0.15) is 150 Å². The van der Waals surface area contributed by atoms with Crippen molar-refractivity contribution in [1.82, 2.24) is 10.1 Å². The molecule has 316 valence electrons. The zero-order valence-electron chi connectivity index (χ0n) is 37.8. The molecule has 1 aliphatic rings. The van der Waals surface area contributed by atoms with Crippen LogP contribution in [0.3, 0.4) is 0 Å². The lowest BCUT2D eigenvalue weighted by atomic mass is 9.71. The van der Waals surface area contributed by atoms with Gasteiger partial charge >= 0.3 is 0 Å². The van der Waals surface area contributed by atoms with Crippen LogP contribution in [0.4, 0.5) is 0 Å². The van der Waals surface area contributed by atoms with E-state index >= 15 is 0 Å². The van der Waals surface area contributed by atoms with Gasteiger partial charge in [0.1, 0.15) is 36.2 Å². The predicted octanol–water partition coefficient (Wildman–Crippen LogP) is 10.4. The average molecular weight is 795 g/mol. The van der Waals surface area contributed by atoms with Gasteiger partial charge in [0.2, 0.25) is 0 Å². The molecule has 4 aromatic rings. The number of nitrogens with zero attached hydrogens (tertiary/aromatic N) is 2. The summed E-state index contributed by atoms with van der Waals surface area (Å²) in [4.78, 5) is 0. The van der Waals surface area contributed by atoms with Crippen molar-refractivity contribution < 1.29 is 30.1 Å². The van der Waals surface area contributed by atoms with E-state index in [1.54, 1.807) is 14.1 Å². The van der Waals surface area contributed by atoms with Gasteiger partial charge < -0.3 is 30.1 Å². The summed E-state index contributed by atoms with van der Waals surface area (Å²) in [6.07, 6.45) is 2.27. The van der Waals surface area contributed by atoms with Gasteiger partial charge in [0.15, 0.2) is 0 Å². The van der Waals surface area contributed by atoms with Crippen molar-refractivity contribution in [3.63, 3.8) is 0 Å². The third-order valence-corrected chi connectivity index (χ3v) is 11.0. The van der Waals surface area contributed by atoms with Crippen LogP contribution in [0, 0.1) is 0 Å². The molecule has 4 N–H and O–H groups in total. The highest BCUT2D eigenvalue weighted by Crippen LogP contribution is 2.44. The highest BCUT2D eigenvalue weighted by molar-refractivity contribution is 5.58. The summed E-state index contributed by atoms with van der Waals surface area (Å²) >= 11 is 0. The Bertz CT molecular complexity index is 1860. The van der Waals surface area contributed by atoms with Crippen LogP contribution in [0.15, 0.2) is 48.5 Å². The summed E-state index contributed by atoms with van der Waals surface area (Å²) in [5.41, 5.74) is 12.5. The zero-order chi connectivity index (χ0) is 43.1. The first-order valence-electron chi connectivity index (χ1n) is 20.8. The third-order valence-electron chi connectivity index (χ3n) is 11.0. The minimum atomic E-state index is -0.268. The molecule has 1 aliphatic carbocycles. The largest absolute Gasteiger partial charge is 0.508 e. The zero-order valence-corrected chi connectivity index (χ0v) is 37.8. The van der Waals surface area contributed by atoms with Gasteiger partial charge in [-0.15, -0.1) is 0 Å². The van der Waals surface area contributed by atoms with Crippen molar-refractivity contribution in [2.45, 2.75) is 130 Å². The third kappa shape index (κ3) is 10.7. The number of hydroxylamine groups is 4. The lowest BCUT2D eigenvalue weighted by Crippen LogP contribution is -2.24. The summed E-state index contributed by atoms with van der Waals surface area (Å²) in [6, 6.07) is 16.3. The van der Waals surface area contributed by atoms with E-state index < -0.39 is 0 Å². The van der Waals surface area contributed by atoms with Gasteiger partial charge in [0.25, 0.3) is 0 Å². The van der Waals surface area contributed by atoms with E-state index in [4.69, 9.17) is 9.47 Å². The Balaban J connectivity index is 1.95. The Morgan fingerprint density at radius 1 is 0.414 bits per heavy atom.